The Morgan fingerprint density at radius 1 is 0.964 bits per heavy atom. The van der Waals surface area contributed by atoms with Crippen molar-refractivity contribution in [1.29, 1.82) is 0 Å². The number of hydrogen-bond donors (Lipinski definition) is 1. The fourth-order valence-electron chi connectivity index (χ4n) is 2.83. The fourth-order valence-corrected chi connectivity index (χ4v) is 2.83. The first-order valence-electron chi connectivity index (χ1n) is 8.57. The molecule has 0 bridgehead atoms. The van der Waals surface area contributed by atoms with Crippen LogP contribution in [0.25, 0.3) is 0 Å². The summed E-state index contributed by atoms with van der Waals surface area (Å²) < 4.78 is 21.0. The third-order valence-electron chi connectivity index (χ3n) is 4.34. The lowest BCUT2D eigenvalue weighted by molar-refractivity contribution is -0.125. The van der Waals surface area contributed by atoms with Gasteiger partial charge < -0.3 is 29.1 Å². The van der Waals surface area contributed by atoms with Crippen molar-refractivity contribution < 1.29 is 28.6 Å². The monoisotopic (exact) mass is 386 g/mol. The first-order chi connectivity index (χ1) is 13.6. The van der Waals surface area contributed by atoms with Crippen LogP contribution in [0.2, 0.25) is 0 Å². The second kappa shape index (κ2) is 8.51. The van der Waals surface area contributed by atoms with Crippen molar-refractivity contribution in [3.63, 3.8) is 0 Å². The number of nitrogens with zero attached hydrogens (tertiary/aromatic N) is 1. The summed E-state index contributed by atoms with van der Waals surface area (Å²) in [6, 6.07) is 10.6. The highest BCUT2D eigenvalue weighted by Gasteiger charge is 2.30. The van der Waals surface area contributed by atoms with Crippen LogP contribution in [0.1, 0.15) is 12.0 Å². The van der Waals surface area contributed by atoms with E-state index in [4.69, 9.17) is 23.8 Å². The van der Waals surface area contributed by atoms with Crippen molar-refractivity contribution in [3.8, 4) is 23.0 Å². The minimum absolute atomic E-state index is 0.327. The molecule has 148 valence electrons. The molecule has 0 spiro atoms. The van der Waals surface area contributed by atoms with Crippen molar-refractivity contribution in [1.82, 2.24) is 0 Å². The summed E-state index contributed by atoms with van der Waals surface area (Å²) in [6.45, 7) is 0. The third kappa shape index (κ3) is 3.95. The van der Waals surface area contributed by atoms with Crippen molar-refractivity contribution >= 4 is 17.3 Å². The minimum atomic E-state index is -0.751. The largest absolute Gasteiger partial charge is 0.497 e. The van der Waals surface area contributed by atoms with Gasteiger partial charge in [0.15, 0.2) is 11.5 Å². The summed E-state index contributed by atoms with van der Waals surface area (Å²) >= 11 is 0. The third-order valence-corrected chi connectivity index (χ3v) is 4.34. The van der Waals surface area contributed by atoms with E-state index in [1.165, 1.54) is 7.11 Å². The zero-order valence-electron chi connectivity index (χ0n) is 16.1. The Bertz CT molecular complexity index is 896. The summed E-state index contributed by atoms with van der Waals surface area (Å²) in [4.78, 5) is 18.0. The number of carbonyl (C=O) groups excluding carboxylic acids is 1. The lowest BCUT2D eigenvalue weighted by Gasteiger charge is -2.13. The maximum Gasteiger partial charge on any atom is 0.268 e. The van der Waals surface area contributed by atoms with E-state index < -0.39 is 6.10 Å². The normalized spacial score (nSPS) is 15.3. The molecule has 0 aromatic heterocycles. The van der Waals surface area contributed by atoms with Crippen LogP contribution >= 0.6 is 0 Å². The number of nitrogens with one attached hydrogen (secondary N) is 1. The average Bonchev–Trinajstić information content (AvgIpc) is 3.23. The molecule has 0 radical (unpaired) electrons. The van der Waals surface area contributed by atoms with Crippen LogP contribution in [0.5, 0.6) is 23.0 Å². The highest BCUT2D eigenvalue weighted by atomic mass is 16.6. The molecular weight excluding hydrogens is 364 g/mol. The van der Waals surface area contributed by atoms with Crippen molar-refractivity contribution in [2.45, 2.75) is 12.5 Å². The zero-order chi connectivity index (χ0) is 20.1. The molecule has 0 unspecified atom stereocenters. The lowest BCUT2D eigenvalue weighted by atomic mass is 10.0. The van der Waals surface area contributed by atoms with E-state index in [1.54, 1.807) is 51.7 Å². The van der Waals surface area contributed by atoms with Gasteiger partial charge in [-0.3, -0.25) is 4.79 Å². The number of ether oxygens (including phenoxy) is 4. The quantitative estimate of drug-likeness (QED) is 0.787. The van der Waals surface area contributed by atoms with Gasteiger partial charge in [0, 0.05) is 18.1 Å². The number of rotatable bonds is 7. The van der Waals surface area contributed by atoms with Crippen LogP contribution in [0, 0.1) is 0 Å². The Morgan fingerprint density at radius 3 is 2.36 bits per heavy atom. The van der Waals surface area contributed by atoms with Crippen LogP contribution in [0.3, 0.4) is 0 Å². The second-order valence-electron chi connectivity index (χ2n) is 5.96. The molecular formula is C20H22N2O6. The molecule has 1 N–H and O–H groups in total. The Hall–Kier alpha value is -3.42. The molecule has 28 heavy (non-hydrogen) atoms. The summed E-state index contributed by atoms with van der Waals surface area (Å²) in [5.74, 6) is 1.99. The Morgan fingerprint density at radius 2 is 1.68 bits per heavy atom. The SMILES string of the molecule is COc1ccc(OC)c(NC(=O)[C@H]2CC(c3ccc(OC)c(OC)c3)=NO2)c1. The number of oxime groups is 1. The van der Waals surface area contributed by atoms with Gasteiger partial charge in [0.05, 0.1) is 39.8 Å². The molecule has 0 aliphatic carbocycles. The van der Waals surface area contributed by atoms with Gasteiger partial charge in [-0.1, -0.05) is 5.16 Å². The summed E-state index contributed by atoms with van der Waals surface area (Å²) in [5, 5.41) is 6.86. The second-order valence-corrected chi connectivity index (χ2v) is 5.96. The molecule has 1 amide bonds. The molecule has 8 heteroatoms. The van der Waals surface area contributed by atoms with Crippen molar-refractivity contribution in [2.24, 2.45) is 5.16 Å². The van der Waals surface area contributed by atoms with E-state index in [2.05, 4.69) is 10.5 Å². The Labute approximate surface area is 163 Å². The Kier molecular flexibility index (Phi) is 5.88. The number of anilines is 1. The van der Waals surface area contributed by atoms with Gasteiger partial charge in [-0.2, -0.15) is 0 Å². The van der Waals surface area contributed by atoms with Crippen LogP contribution in [-0.4, -0.2) is 46.2 Å². The number of hydrogen-bond acceptors (Lipinski definition) is 7. The molecule has 1 aliphatic rings. The first-order valence-corrected chi connectivity index (χ1v) is 8.57. The zero-order valence-corrected chi connectivity index (χ0v) is 16.1. The standard InChI is InChI=1S/C20H22N2O6/c1-24-13-6-8-16(25-2)15(10-13)21-20(23)19-11-14(22-28-19)12-5-7-17(26-3)18(9-12)27-4/h5-10,19H,11H2,1-4H3,(H,21,23)/t19-/m1/s1. The highest BCUT2D eigenvalue weighted by molar-refractivity contribution is 6.06. The molecule has 1 aliphatic heterocycles. The maximum absolute atomic E-state index is 12.6. The minimum Gasteiger partial charge on any atom is -0.497 e. The molecule has 3 rings (SSSR count). The van der Waals surface area contributed by atoms with E-state index in [0.717, 1.165) is 5.56 Å². The van der Waals surface area contributed by atoms with Gasteiger partial charge >= 0.3 is 0 Å². The number of benzene rings is 2. The summed E-state index contributed by atoms with van der Waals surface area (Å²) in [7, 11) is 6.21. The van der Waals surface area contributed by atoms with Gasteiger partial charge in [0.1, 0.15) is 11.5 Å². The number of amides is 1. The first kappa shape index (κ1) is 19.3. The van der Waals surface area contributed by atoms with E-state index in [9.17, 15) is 4.79 Å². The molecule has 1 heterocycles. The van der Waals surface area contributed by atoms with E-state index in [1.807, 2.05) is 6.07 Å². The van der Waals surface area contributed by atoms with Gasteiger partial charge in [-0.15, -0.1) is 0 Å². The fraction of sp³-hybridized carbons (Fsp3) is 0.300. The maximum atomic E-state index is 12.6. The molecule has 0 saturated heterocycles. The highest BCUT2D eigenvalue weighted by Crippen LogP contribution is 2.31. The molecule has 2 aromatic carbocycles. The van der Waals surface area contributed by atoms with Gasteiger partial charge in [-0.25, -0.2) is 0 Å². The lowest BCUT2D eigenvalue weighted by Crippen LogP contribution is -2.28. The smallest absolute Gasteiger partial charge is 0.268 e. The molecule has 8 nitrogen and oxygen atoms in total. The molecule has 2 aromatic rings. The van der Waals surface area contributed by atoms with E-state index >= 15 is 0 Å². The number of carbonyl (C=O) groups is 1. The molecule has 0 fully saturated rings. The van der Waals surface area contributed by atoms with Gasteiger partial charge in [0.2, 0.25) is 6.10 Å². The van der Waals surface area contributed by atoms with E-state index in [0.29, 0.717) is 40.8 Å². The van der Waals surface area contributed by atoms with Crippen LogP contribution in [0.4, 0.5) is 5.69 Å². The average molecular weight is 386 g/mol. The van der Waals surface area contributed by atoms with Crippen molar-refractivity contribution in [3.05, 3.63) is 42.0 Å². The topological polar surface area (TPSA) is 87.6 Å². The van der Waals surface area contributed by atoms with Crippen LogP contribution in [0.15, 0.2) is 41.6 Å². The Balaban J connectivity index is 1.71. The predicted octanol–water partition coefficient (Wildman–Crippen LogP) is 2.85. The van der Waals surface area contributed by atoms with E-state index in [-0.39, 0.29) is 5.91 Å². The van der Waals surface area contributed by atoms with Crippen LogP contribution < -0.4 is 24.3 Å². The predicted molar refractivity (Wildman–Crippen MR) is 104 cm³/mol. The summed E-state index contributed by atoms with van der Waals surface area (Å²) in [5.41, 5.74) is 1.95. The molecule has 1 atom stereocenters. The van der Waals surface area contributed by atoms with Gasteiger partial charge in [0.25, 0.3) is 5.91 Å². The van der Waals surface area contributed by atoms with Gasteiger partial charge in [-0.05, 0) is 30.3 Å². The summed E-state index contributed by atoms with van der Waals surface area (Å²) in [6.07, 6.45) is -0.424. The molecule has 0 saturated carbocycles. The number of methoxy groups -OCH3 is 4. The van der Waals surface area contributed by atoms with Crippen molar-refractivity contribution in [2.75, 3.05) is 33.8 Å². The van der Waals surface area contributed by atoms with Crippen LogP contribution in [-0.2, 0) is 9.63 Å².